The van der Waals surface area contributed by atoms with E-state index in [-0.39, 0.29) is 10.6 Å². The highest BCUT2D eigenvalue weighted by molar-refractivity contribution is 6.30. The lowest BCUT2D eigenvalue weighted by Gasteiger charge is -2.20. The zero-order chi connectivity index (χ0) is 15.6. The molecular weight excluding hydrogens is 289 g/mol. The number of nitrogens with one attached hydrogen (secondary N) is 1. The van der Waals surface area contributed by atoms with Crippen LogP contribution in [0, 0.1) is 12.7 Å². The highest BCUT2D eigenvalue weighted by atomic mass is 35.5. The third-order valence-corrected chi connectivity index (χ3v) is 3.48. The summed E-state index contributed by atoms with van der Waals surface area (Å²) in [4.78, 5) is 0. The van der Waals surface area contributed by atoms with Crippen molar-refractivity contribution in [3.8, 4) is 0 Å². The van der Waals surface area contributed by atoms with E-state index in [0.717, 1.165) is 23.4 Å². The maximum atomic E-state index is 13.2. The van der Waals surface area contributed by atoms with Crippen molar-refractivity contribution in [2.45, 2.75) is 46.3 Å². The van der Waals surface area contributed by atoms with Crippen molar-refractivity contribution in [1.29, 1.82) is 0 Å². The van der Waals surface area contributed by atoms with Gasteiger partial charge in [-0.05, 0) is 45.4 Å². The molecule has 2 aromatic rings. The number of aromatic nitrogens is 2. The molecule has 0 unspecified atom stereocenters. The van der Waals surface area contributed by atoms with Gasteiger partial charge in [0.05, 0.1) is 17.3 Å². The Morgan fingerprint density at radius 1 is 1.33 bits per heavy atom. The van der Waals surface area contributed by atoms with Gasteiger partial charge in [0, 0.05) is 23.8 Å². The monoisotopic (exact) mass is 309 g/mol. The van der Waals surface area contributed by atoms with E-state index >= 15 is 0 Å². The number of nitrogens with zero attached hydrogens (tertiary/aromatic N) is 2. The Balaban J connectivity index is 2.09. The van der Waals surface area contributed by atoms with Gasteiger partial charge in [-0.15, -0.1) is 0 Å². The largest absolute Gasteiger partial charge is 0.308 e. The van der Waals surface area contributed by atoms with Crippen LogP contribution in [0.1, 0.15) is 37.6 Å². The van der Waals surface area contributed by atoms with Crippen molar-refractivity contribution >= 4 is 11.6 Å². The van der Waals surface area contributed by atoms with Gasteiger partial charge >= 0.3 is 0 Å². The van der Waals surface area contributed by atoms with Gasteiger partial charge in [-0.2, -0.15) is 5.10 Å². The van der Waals surface area contributed by atoms with E-state index in [2.05, 4.69) is 31.2 Å². The van der Waals surface area contributed by atoms with Crippen molar-refractivity contribution in [2.24, 2.45) is 0 Å². The van der Waals surface area contributed by atoms with Crippen LogP contribution < -0.4 is 5.32 Å². The smallest absolute Gasteiger partial charge is 0.141 e. The van der Waals surface area contributed by atoms with E-state index < -0.39 is 5.82 Å². The summed E-state index contributed by atoms with van der Waals surface area (Å²) in [6, 6.07) is 4.75. The lowest BCUT2D eigenvalue weighted by atomic mass is 10.1. The minimum absolute atomic E-state index is 0.0685. The molecule has 0 fully saturated rings. The summed E-state index contributed by atoms with van der Waals surface area (Å²) in [5, 5.41) is 8.09. The van der Waals surface area contributed by atoms with E-state index in [1.807, 2.05) is 17.8 Å². The SMILES string of the molecule is Cc1nn(Cc2ccc(F)c(Cl)c2)cc1CNC(C)(C)C. The fraction of sp³-hybridized carbons (Fsp3) is 0.438. The molecule has 0 radical (unpaired) electrons. The molecule has 114 valence electrons. The number of benzene rings is 1. The van der Waals surface area contributed by atoms with Crippen LogP contribution in [-0.4, -0.2) is 15.3 Å². The minimum atomic E-state index is -0.396. The molecule has 2 rings (SSSR count). The average molecular weight is 310 g/mol. The highest BCUT2D eigenvalue weighted by Crippen LogP contribution is 2.17. The molecular formula is C16H21ClFN3. The molecule has 0 amide bonds. The van der Waals surface area contributed by atoms with Gasteiger partial charge in [-0.3, -0.25) is 4.68 Å². The summed E-state index contributed by atoms with van der Waals surface area (Å²) in [5.74, 6) is -0.396. The Morgan fingerprint density at radius 2 is 2.05 bits per heavy atom. The van der Waals surface area contributed by atoms with Crippen LogP contribution in [0.15, 0.2) is 24.4 Å². The molecule has 0 saturated heterocycles. The molecule has 0 aliphatic carbocycles. The first-order chi connectivity index (χ1) is 9.74. The van der Waals surface area contributed by atoms with E-state index in [1.54, 1.807) is 12.1 Å². The highest BCUT2D eigenvalue weighted by Gasteiger charge is 2.12. The number of hydrogen-bond donors (Lipinski definition) is 1. The molecule has 0 spiro atoms. The van der Waals surface area contributed by atoms with Crippen molar-refractivity contribution < 1.29 is 4.39 Å². The zero-order valence-corrected chi connectivity index (χ0v) is 13.6. The summed E-state index contributed by atoms with van der Waals surface area (Å²) in [6.07, 6.45) is 2.02. The van der Waals surface area contributed by atoms with E-state index in [9.17, 15) is 4.39 Å². The van der Waals surface area contributed by atoms with Gasteiger partial charge in [0.2, 0.25) is 0 Å². The lowest BCUT2D eigenvalue weighted by Crippen LogP contribution is -2.35. The standard InChI is InChI=1S/C16H21ClFN3/c1-11-13(8-19-16(2,3)4)10-21(20-11)9-12-5-6-15(18)14(17)7-12/h5-7,10,19H,8-9H2,1-4H3. The molecule has 0 aliphatic heterocycles. The molecule has 5 heteroatoms. The van der Waals surface area contributed by atoms with Crippen LogP contribution in [0.2, 0.25) is 5.02 Å². The second-order valence-electron chi connectivity index (χ2n) is 6.29. The average Bonchev–Trinajstić information content (AvgIpc) is 2.71. The fourth-order valence-corrected chi connectivity index (χ4v) is 2.20. The second-order valence-corrected chi connectivity index (χ2v) is 6.70. The first kappa shape index (κ1) is 16.0. The third kappa shape index (κ3) is 4.55. The first-order valence-corrected chi connectivity index (χ1v) is 7.34. The molecule has 0 saturated carbocycles. The molecule has 1 aromatic carbocycles. The Bertz CT molecular complexity index is 629. The topological polar surface area (TPSA) is 29.9 Å². The zero-order valence-electron chi connectivity index (χ0n) is 12.9. The van der Waals surface area contributed by atoms with Gasteiger partial charge in [0.25, 0.3) is 0 Å². The summed E-state index contributed by atoms with van der Waals surface area (Å²) >= 11 is 5.80. The van der Waals surface area contributed by atoms with Gasteiger partial charge in [-0.25, -0.2) is 4.39 Å². The molecule has 1 heterocycles. The summed E-state index contributed by atoms with van der Waals surface area (Å²) < 4.78 is 15.0. The van der Waals surface area contributed by atoms with Gasteiger partial charge in [0.1, 0.15) is 5.82 Å². The Morgan fingerprint density at radius 3 is 2.67 bits per heavy atom. The summed E-state index contributed by atoms with van der Waals surface area (Å²) in [7, 11) is 0. The fourth-order valence-electron chi connectivity index (χ4n) is 2.00. The minimum Gasteiger partial charge on any atom is -0.308 e. The number of halogens is 2. The third-order valence-electron chi connectivity index (χ3n) is 3.19. The van der Waals surface area contributed by atoms with Crippen molar-refractivity contribution in [1.82, 2.24) is 15.1 Å². The van der Waals surface area contributed by atoms with Crippen LogP contribution in [0.4, 0.5) is 4.39 Å². The van der Waals surface area contributed by atoms with Gasteiger partial charge < -0.3 is 5.32 Å². The number of hydrogen-bond acceptors (Lipinski definition) is 2. The van der Waals surface area contributed by atoms with Crippen molar-refractivity contribution in [3.63, 3.8) is 0 Å². The Labute approximate surface area is 130 Å². The van der Waals surface area contributed by atoms with Crippen LogP contribution >= 0.6 is 11.6 Å². The van der Waals surface area contributed by atoms with E-state index in [4.69, 9.17) is 11.6 Å². The van der Waals surface area contributed by atoms with E-state index in [0.29, 0.717) is 6.54 Å². The second kappa shape index (κ2) is 6.16. The van der Waals surface area contributed by atoms with Crippen molar-refractivity contribution in [3.05, 3.63) is 52.1 Å². The summed E-state index contributed by atoms with van der Waals surface area (Å²) in [5.41, 5.74) is 3.16. The normalized spacial score (nSPS) is 11.9. The molecule has 1 aromatic heterocycles. The van der Waals surface area contributed by atoms with Gasteiger partial charge in [-0.1, -0.05) is 17.7 Å². The van der Waals surface area contributed by atoms with E-state index in [1.165, 1.54) is 6.07 Å². The Hall–Kier alpha value is -1.39. The van der Waals surface area contributed by atoms with Crippen LogP contribution in [0.3, 0.4) is 0 Å². The molecule has 0 bridgehead atoms. The van der Waals surface area contributed by atoms with Gasteiger partial charge in [0.15, 0.2) is 0 Å². The molecule has 3 nitrogen and oxygen atoms in total. The molecule has 21 heavy (non-hydrogen) atoms. The van der Waals surface area contributed by atoms with Crippen LogP contribution in [0.5, 0.6) is 0 Å². The number of aryl methyl sites for hydroxylation is 1. The molecule has 0 atom stereocenters. The number of rotatable bonds is 4. The lowest BCUT2D eigenvalue weighted by molar-refractivity contribution is 0.423. The van der Waals surface area contributed by atoms with Crippen molar-refractivity contribution in [2.75, 3.05) is 0 Å². The molecule has 1 N–H and O–H groups in total. The quantitative estimate of drug-likeness (QED) is 0.927. The maximum absolute atomic E-state index is 13.2. The van der Waals surface area contributed by atoms with Crippen LogP contribution in [-0.2, 0) is 13.1 Å². The predicted molar refractivity (Wildman–Crippen MR) is 84.1 cm³/mol. The maximum Gasteiger partial charge on any atom is 0.141 e. The Kier molecular flexibility index (Phi) is 4.69. The van der Waals surface area contributed by atoms with Crippen LogP contribution in [0.25, 0.3) is 0 Å². The molecule has 0 aliphatic rings. The predicted octanol–water partition coefficient (Wildman–Crippen LogP) is 3.92. The first-order valence-electron chi connectivity index (χ1n) is 6.96. The summed E-state index contributed by atoms with van der Waals surface area (Å²) in [6.45, 7) is 9.75.